The molecule has 0 radical (unpaired) electrons. The Labute approximate surface area is 239 Å². The predicted octanol–water partition coefficient (Wildman–Crippen LogP) is 8.03. The van der Waals surface area contributed by atoms with Crippen molar-refractivity contribution in [1.29, 1.82) is 0 Å². The fourth-order valence-corrected chi connectivity index (χ4v) is 6.31. The average molecular weight is 579 g/mol. The molecule has 8 heteroatoms. The second-order valence-corrected chi connectivity index (χ2v) is 23.5. The van der Waals surface area contributed by atoms with Crippen molar-refractivity contribution in [2.24, 2.45) is 11.8 Å². The fraction of sp³-hybridized carbons (Fsp3) is 0.677. The van der Waals surface area contributed by atoms with Crippen LogP contribution < -0.4 is 5.63 Å². The zero-order valence-electron chi connectivity index (χ0n) is 26.9. The molecule has 0 saturated carbocycles. The Morgan fingerprint density at radius 2 is 1.49 bits per heavy atom. The van der Waals surface area contributed by atoms with Crippen LogP contribution in [-0.4, -0.2) is 39.7 Å². The molecule has 0 aliphatic rings. The first-order chi connectivity index (χ1) is 17.5. The van der Waals surface area contributed by atoms with Crippen LogP contribution in [0.15, 0.2) is 45.1 Å². The summed E-state index contributed by atoms with van der Waals surface area (Å²) in [7, 11) is -4.26. The van der Waals surface area contributed by atoms with E-state index in [2.05, 4.69) is 93.7 Å². The number of rotatable bonds is 12. The summed E-state index contributed by atoms with van der Waals surface area (Å²) in [6, 6.07) is 2.30. The van der Waals surface area contributed by atoms with E-state index in [1.165, 1.54) is 11.6 Å². The molecular weight excluding hydrogens is 525 g/mol. The molecule has 0 amide bonds. The molecule has 1 aromatic rings. The van der Waals surface area contributed by atoms with Crippen molar-refractivity contribution in [3.63, 3.8) is 0 Å². The van der Waals surface area contributed by atoms with Gasteiger partial charge in [0, 0.05) is 17.9 Å². The molecule has 0 aliphatic carbocycles. The topological polar surface area (TPSA) is 86.0 Å². The Morgan fingerprint density at radius 1 is 0.974 bits per heavy atom. The first-order valence-corrected chi connectivity index (χ1v) is 19.9. The van der Waals surface area contributed by atoms with Crippen molar-refractivity contribution >= 4 is 22.4 Å². The van der Waals surface area contributed by atoms with E-state index in [1.807, 2.05) is 19.9 Å². The average Bonchev–Trinajstić information content (AvgIpc) is 2.76. The SMILES string of the molecule is C/C=C(\C)[C@@H](O[Si](C)(C)C(C)(C)C)[C@@H](C)/C=C/[C@@H](O[Si](C)(C)C(C)(C)C)[C@@H](C)C(=O)Cc1cc(O)cc(=O)o1. The Morgan fingerprint density at radius 3 is 1.95 bits per heavy atom. The van der Waals surface area contributed by atoms with Gasteiger partial charge < -0.3 is 18.4 Å². The predicted molar refractivity (Wildman–Crippen MR) is 166 cm³/mol. The second-order valence-electron chi connectivity index (χ2n) is 14.0. The van der Waals surface area contributed by atoms with Crippen LogP contribution in [0.3, 0.4) is 0 Å². The molecule has 1 rings (SSSR count). The Hall–Kier alpha value is -1.75. The lowest BCUT2D eigenvalue weighted by molar-refractivity contribution is -0.124. The van der Waals surface area contributed by atoms with Crippen molar-refractivity contribution in [3.05, 3.63) is 52.1 Å². The number of hydrogen-bond donors (Lipinski definition) is 1. The van der Waals surface area contributed by atoms with Gasteiger partial charge in [0.15, 0.2) is 16.6 Å². The quantitative estimate of drug-likeness (QED) is 0.200. The highest BCUT2D eigenvalue weighted by molar-refractivity contribution is 6.74. The molecule has 4 atom stereocenters. The Kier molecular flexibility index (Phi) is 12.0. The lowest BCUT2D eigenvalue weighted by atomic mass is 9.93. The monoisotopic (exact) mass is 578 g/mol. The number of carbonyl (C=O) groups excluding carboxylic acids is 1. The largest absolute Gasteiger partial charge is 0.508 e. The maximum absolute atomic E-state index is 13.4. The summed E-state index contributed by atoms with van der Waals surface area (Å²) in [5.74, 6) is -0.614. The van der Waals surface area contributed by atoms with Gasteiger partial charge in [0.05, 0.1) is 24.7 Å². The normalized spacial score (nSPS) is 17.2. The maximum Gasteiger partial charge on any atom is 0.339 e. The smallest absolute Gasteiger partial charge is 0.339 e. The van der Waals surface area contributed by atoms with Crippen molar-refractivity contribution in [2.45, 2.75) is 124 Å². The van der Waals surface area contributed by atoms with Crippen LogP contribution in [0.1, 0.15) is 75.0 Å². The van der Waals surface area contributed by atoms with Gasteiger partial charge in [-0.1, -0.05) is 73.6 Å². The molecule has 39 heavy (non-hydrogen) atoms. The summed E-state index contributed by atoms with van der Waals surface area (Å²) in [4.78, 5) is 25.1. The molecule has 1 N–H and O–H groups in total. The van der Waals surface area contributed by atoms with Crippen LogP contribution in [0.2, 0.25) is 36.3 Å². The van der Waals surface area contributed by atoms with Crippen LogP contribution in [0.4, 0.5) is 0 Å². The van der Waals surface area contributed by atoms with E-state index in [9.17, 15) is 14.7 Å². The summed E-state index contributed by atoms with van der Waals surface area (Å²) in [6.45, 7) is 30.3. The van der Waals surface area contributed by atoms with E-state index in [1.54, 1.807) is 0 Å². The van der Waals surface area contributed by atoms with Crippen LogP contribution in [0, 0.1) is 11.8 Å². The third kappa shape index (κ3) is 9.99. The molecule has 0 aromatic carbocycles. The van der Waals surface area contributed by atoms with Crippen LogP contribution in [0.25, 0.3) is 0 Å². The standard InChI is InChI=1S/C31H54O6Si2/c1-15-21(2)29(37-39(13,14)31(8,9)10)22(3)16-17-27(36-38(11,12)30(5,6)7)23(4)26(33)20-25-18-24(32)19-28(34)35-25/h15-19,22-23,27,29,32H,20H2,1-14H3/b17-16+,21-15+/t22-,23-,27+,29+/m0/s1. The zero-order chi connectivity index (χ0) is 30.6. The minimum atomic E-state index is -2.23. The summed E-state index contributed by atoms with van der Waals surface area (Å²) < 4.78 is 18.8. The number of aromatic hydroxyl groups is 1. The van der Waals surface area contributed by atoms with Crippen LogP contribution >= 0.6 is 0 Å². The second kappa shape index (κ2) is 13.3. The van der Waals surface area contributed by atoms with Crippen molar-refractivity contribution in [1.82, 2.24) is 0 Å². The van der Waals surface area contributed by atoms with Crippen molar-refractivity contribution < 1.29 is 23.2 Å². The van der Waals surface area contributed by atoms with Crippen LogP contribution in [-0.2, 0) is 20.1 Å². The maximum atomic E-state index is 13.4. The summed E-state index contributed by atoms with van der Waals surface area (Å²) in [5, 5.41) is 9.82. The van der Waals surface area contributed by atoms with Crippen molar-refractivity contribution in [3.8, 4) is 5.75 Å². The van der Waals surface area contributed by atoms with Gasteiger partial charge in [-0.15, -0.1) is 0 Å². The Balaban J connectivity index is 3.37. The highest BCUT2D eigenvalue weighted by Crippen LogP contribution is 2.40. The first kappa shape index (κ1) is 35.3. The van der Waals surface area contributed by atoms with Gasteiger partial charge in [0.1, 0.15) is 17.3 Å². The van der Waals surface area contributed by atoms with E-state index >= 15 is 0 Å². The van der Waals surface area contributed by atoms with Gasteiger partial charge in [-0.2, -0.15) is 0 Å². The minimum absolute atomic E-state index is 0.0407. The summed E-state index contributed by atoms with van der Waals surface area (Å²) in [6.07, 6.45) is 5.64. The van der Waals surface area contributed by atoms with Crippen molar-refractivity contribution in [2.75, 3.05) is 0 Å². The van der Waals surface area contributed by atoms with Crippen LogP contribution in [0.5, 0.6) is 5.75 Å². The zero-order valence-corrected chi connectivity index (χ0v) is 28.9. The highest BCUT2D eigenvalue weighted by Gasteiger charge is 2.42. The summed E-state index contributed by atoms with van der Waals surface area (Å²) >= 11 is 0. The molecule has 0 spiro atoms. The van der Waals surface area contributed by atoms with E-state index in [-0.39, 0.29) is 45.8 Å². The van der Waals surface area contributed by atoms with Gasteiger partial charge in [-0.3, -0.25) is 4.79 Å². The number of Topliss-reactive ketones (excluding diaryl/α,β-unsaturated/α-hetero) is 1. The number of allylic oxidation sites excluding steroid dienone is 1. The van der Waals surface area contributed by atoms with E-state index in [0.29, 0.717) is 0 Å². The lowest BCUT2D eigenvalue weighted by Gasteiger charge is -2.41. The van der Waals surface area contributed by atoms with E-state index in [4.69, 9.17) is 13.3 Å². The van der Waals surface area contributed by atoms with Gasteiger partial charge in [0.2, 0.25) is 0 Å². The molecule has 1 heterocycles. The lowest BCUT2D eigenvalue weighted by Crippen LogP contribution is -2.46. The molecule has 0 fully saturated rings. The molecule has 6 nitrogen and oxygen atoms in total. The number of hydrogen-bond acceptors (Lipinski definition) is 6. The van der Waals surface area contributed by atoms with Gasteiger partial charge in [-0.05, 0) is 55.7 Å². The molecule has 0 bridgehead atoms. The Bertz CT molecular complexity index is 1090. The molecule has 0 aliphatic heterocycles. The molecule has 1 aromatic heterocycles. The van der Waals surface area contributed by atoms with E-state index < -0.39 is 34.3 Å². The highest BCUT2D eigenvalue weighted by atomic mass is 28.4. The number of carbonyl (C=O) groups is 1. The molecule has 222 valence electrons. The first-order valence-electron chi connectivity index (χ1n) is 14.0. The molecule has 0 saturated heterocycles. The minimum Gasteiger partial charge on any atom is -0.508 e. The molecular formula is C31H54O6Si2. The number of ketones is 1. The van der Waals surface area contributed by atoms with Gasteiger partial charge >= 0.3 is 5.63 Å². The fourth-order valence-electron chi connectivity index (χ4n) is 3.60. The summed E-state index contributed by atoms with van der Waals surface area (Å²) in [5.41, 5.74) is 0.502. The van der Waals surface area contributed by atoms with Gasteiger partial charge in [0.25, 0.3) is 0 Å². The third-order valence-electron chi connectivity index (χ3n) is 8.61. The van der Waals surface area contributed by atoms with E-state index in [0.717, 1.165) is 6.07 Å². The molecule has 0 unspecified atom stereocenters. The van der Waals surface area contributed by atoms with Gasteiger partial charge in [-0.25, -0.2) is 4.79 Å². The third-order valence-corrected chi connectivity index (χ3v) is 17.5.